The van der Waals surface area contributed by atoms with Gasteiger partial charge in [-0.15, -0.1) is 0 Å². The van der Waals surface area contributed by atoms with E-state index in [0.29, 0.717) is 10.1 Å². The average molecular weight is 278 g/mol. The summed E-state index contributed by atoms with van der Waals surface area (Å²) in [5, 5.41) is 0.842. The molecule has 0 bridgehead atoms. The van der Waals surface area contributed by atoms with Gasteiger partial charge in [0, 0.05) is 0 Å². The fraction of sp³-hybridized carbons (Fsp3) is 1.00. The van der Waals surface area contributed by atoms with E-state index in [0.717, 1.165) is 0 Å². The third-order valence-corrected chi connectivity index (χ3v) is 21.9. The molecule has 0 rings (SSSR count). The van der Waals surface area contributed by atoms with Crippen molar-refractivity contribution in [1.29, 1.82) is 0 Å². The van der Waals surface area contributed by atoms with Gasteiger partial charge in [0.2, 0.25) is 0 Å². The first-order chi connectivity index (χ1) is 6.65. The van der Waals surface area contributed by atoms with Crippen LogP contribution in [0.3, 0.4) is 0 Å². The van der Waals surface area contributed by atoms with Crippen LogP contribution in [-0.4, -0.2) is 20.5 Å². The molecule has 1 unspecified atom stereocenters. The van der Waals surface area contributed by atoms with Crippen molar-refractivity contribution in [2.75, 3.05) is 0 Å². The minimum Gasteiger partial charge on any atom is -0.328 e. The summed E-state index contributed by atoms with van der Waals surface area (Å²) in [6.45, 7) is 24.4. The molecule has 0 saturated carbocycles. The SMILES string of the molecule is CC(C)(C)[Si](C)(C)N(P)[Si](C)(C)C(C)(C)C. The lowest BCUT2D eigenvalue weighted by molar-refractivity contribution is 0.638. The number of nitrogens with zero attached hydrogens (tertiary/aromatic N) is 1. The second kappa shape index (κ2) is 4.49. The molecule has 1 atom stereocenters. The fourth-order valence-corrected chi connectivity index (χ4v) is 12.8. The normalized spacial score (nSPS) is 15.8. The Morgan fingerprint density at radius 2 is 0.875 bits per heavy atom. The van der Waals surface area contributed by atoms with Crippen molar-refractivity contribution in [1.82, 2.24) is 4.00 Å². The van der Waals surface area contributed by atoms with Crippen molar-refractivity contribution in [3.8, 4) is 0 Å². The lowest BCUT2D eigenvalue weighted by atomic mass is 10.2. The molecule has 0 fully saturated rings. The van der Waals surface area contributed by atoms with Crippen LogP contribution in [0.5, 0.6) is 0 Å². The monoisotopic (exact) mass is 277 g/mol. The van der Waals surface area contributed by atoms with Gasteiger partial charge in [-0.25, -0.2) is 0 Å². The van der Waals surface area contributed by atoms with Crippen molar-refractivity contribution in [2.24, 2.45) is 0 Å². The van der Waals surface area contributed by atoms with Crippen molar-refractivity contribution in [3.05, 3.63) is 0 Å². The van der Waals surface area contributed by atoms with E-state index in [2.05, 4.69) is 81.1 Å². The Balaban J connectivity index is 5.30. The Bertz CT molecular complexity index is 223. The molecule has 0 aliphatic heterocycles. The Morgan fingerprint density at radius 1 is 0.688 bits per heavy atom. The lowest BCUT2D eigenvalue weighted by Crippen LogP contribution is -2.63. The summed E-state index contributed by atoms with van der Waals surface area (Å²) >= 11 is 0. The molecule has 16 heavy (non-hydrogen) atoms. The second-order valence-electron chi connectivity index (χ2n) is 7.99. The van der Waals surface area contributed by atoms with Gasteiger partial charge in [0.25, 0.3) is 0 Å². The molecular formula is C12H32NPSi2. The predicted octanol–water partition coefficient (Wildman–Crippen LogP) is 5.09. The minimum atomic E-state index is -1.40. The number of hydrogen-bond donors (Lipinski definition) is 0. The molecule has 1 nitrogen and oxygen atoms in total. The number of hydrogen-bond acceptors (Lipinski definition) is 1. The maximum Gasteiger partial charge on any atom is 0.124 e. The molecule has 0 aliphatic carbocycles. The Morgan fingerprint density at radius 3 is 1.00 bits per heavy atom. The maximum atomic E-state index is 3.08. The van der Waals surface area contributed by atoms with Gasteiger partial charge >= 0.3 is 0 Å². The third kappa shape index (κ3) is 2.98. The summed E-state index contributed by atoms with van der Waals surface area (Å²) in [6, 6.07) is 0. The zero-order valence-electron chi connectivity index (χ0n) is 13.0. The van der Waals surface area contributed by atoms with Crippen LogP contribution >= 0.6 is 9.39 Å². The molecule has 0 aliphatic rings. The minimum absolute atomic E-state index is 0.421. The van der Waals surface area contributed by atoms with Crippen molar-refractivity contribution in [3.63, 3.8) is 0 Å². The van der Waals surface area contributed by atoms with E-state index in [9.17, 15) is 0 Å². The first-order valence-corrected chi connectivity index (χ1v) is 12.6. The summed E-state index contributed by atoms with van der Waals surface area (Å²) < 4.78 is 2.74. The van der Waals surface area contributed by atoms with Crippen LogP contribution in [0.2, 0.25) is 36.3 Å². The van der Waals surface area contributed by atoms with Crippen LogP contribution in [0.4, 0.5) is 0 Å². The predicted molar refractivity (Wildman–Crippen MR) is 85.9 cm³/mol. The molecule has 0 saturated heterocycles. The van der Waals surface area contributed by atoms with Crippen LogP contribution in [0.25, 0.3) is 0 Å². The number of rotatable bonds is 2. The summed E-state index contributed by atoms with van der Waals surface area (Å²) in [4.78, 5) is 0. The van der Waals surface area contributed by atoms with Crippen LogP contribution in [0, 0.1) is 0 Å². The van der Waals surface area contributed by atoms with E-state index in [1.165, 1.54) is 0 Å². The highest BCUT2D eigenvalue weighted by Crippen LogP contribution is 2.48. The zero-order valence-corrected chi connectivity index (χ0v) is 16.2. The average Bonchev–Trinajstić information content (AvgIpc) is 1.98. The van der Waals surface area contributed by atoms with Crippen molar-refractivity contribution < 1.29 is 0 Å². The van der Waals surface area contributed by atoms with Gasteiger partial charge in [-0.3, -0.25) is 0 Å². The van der Waals surface area contributed by atoms with E-state index >= 15 is 0 Å². The summed E-state index contributed by atoms with van der Waals surface area (Å²) in [6.07, 6.45) is 0. The highest BCUT2D eigenvalue weighted by Gasteiger charge is 2.49. The second-order valence-corrected chi connectivity index (χ2v) is 20.2. The van der Waals surface area contributed by atoms with Crippen LogP contribution in [-0.2, 0) is 0 Å². The largest absolute Gasteiger partial charge is 0.328 e. The molecule has 0 amide bonds. The van der Waals surface area contributed by atoms with Gasteiger partial charge in [-0.05, 0) is 10.1 Å². The fourth-order valence-electron chi connectivity index (χ4n) is 1.42. The summed E-state index contributed by atoms with van der Waals surface area (Å²) in [5.41, 5.74) is 0. The van der Waals surface area contributed by atoms with Crippen LogP contribution in [0.15, 0.2) is 0 Å². The Kier molecular flexibility index (Phi) is 4.72. The van der Waals surface area contributed by atoms with E-state index in [4.69, 9.17) is 0 Å². The van der Waals surface area contributed by atoms with Crippen molar-refractivity contribution in [2.45, 2.75) is 77.8 Å². The molecule has 0 aromatic carbocycles. The van der Waals surface area contributed by atoms with Gasteiger partial charge < -0.3 is 4.00 Å². The topological polar surface area (TPSA) is 3.24 Å². The maximum absolute atomic E-state index is 3.08. The Hall–Kier alpha value is 0.824. The van der Waals surface area contributed by atoms with Crippen molar-refractivity contribution >= 4 is 25.9 Å². The summed E-state index contributed by atoms with van der Waals surface area (Å²) in [5.74, 6) is 0. The quantitative estimate of drug-likeness (QED) is 0.502. The summed E-state index contributed by atoms with van der Waals surface area (Å²) in [7, 11) is 0.289. The van der Waals surface area contributed by atoms with Gasteiger partial charge in [-0.1, -0.05) is 77.1 Å². The molecule has 0 spiro atoms. The zero-order chi connectivity index (χ0) is 13.6. The molecule has 0 aromatic rings. The molecule has 0 N–H and O–H groups in total. The highest BCUT2D eigenvalue weighted by atomic mass is 31.0. The molecule has 0 radical (unpaired) electrons. The van der Waals surface area contributed by atoms with E-state index in [-0.39, 0.29) is 0 Å². The van der Waals surface area contributed by atoms with E-state index in [1.807, 2.05) is 0 Å². The standard InChI is InChI=1S/C12H32NPSi2/c1-11(2,3)15(7,8)13(14)16(9,10)12(4,5)6/h14H2,1-10H3. The molecule has 0 heterocycles. The van der Waals surface area contributed by atoms with Crippen LogP contribution < -0.4 is 0 Å². The highest BCUT2D eigenvalue weighted by molar-refractivity contribution is 7.26. The lowest BCUT2D eigenvalue weighted by Gasteiger charge is -2.54. The van der Waals surface area contributed by atoms with Gasteiger partial charge in [0.1, 0.15) is 16.5 Å². The smallest absolute Gasteiger partial charge is 0.124 e. The molecule has 98 valence electrons. The van der Waals surface area contributed by atoms with E-state index < -0.39 is 16.5 Å². The van der Waals surface area contributed by atoms with Gasteiger partial charge in [0.05, 0.1) is 0 Å². The van der Waals surface area contributed by atoms with Gasteiger partial charge in [-0.2, -0.15) is 0 Å². The van der Waals surface area contributed by atoms with Crippen LogP contribution in [0.1, 0.15) is 41.5 Å². The molecular weight excluding hydrogens is 245 g/mol. The third-order valence-electron chi connectivity index (χ3n) is 4.88. The molecule has 0 aromatic heterocycles. The Labute approximate surface area is 108 Å². The first-order valence-electron chi connectivity index (χ1n) is 6.21. The van der Waals surface area contributed by atoms with Gasteiger partial charge in [0.15, 0.2) is 0 Å². The molecule has 4 heteroatoms. The first kappa shape index (κ1) is 16.8. The van der Waals surface area contributed by atoms with E-state index in [1.54, 1.807) is 0 Å².